The molecule has 1 N–H and O–H groups in total. The van der Waals surface area contributed by atoms with Crippen LogP contribution in [0.4, 0.5) is 8.78 Å². The molecule has 0 saturated carbocycles. The molecule has 6 heteroatoms. The van der Waals surface area contributed by atoms with E-state index in [1.54, 1.807) is 12.1 Å². The number of nitrogens with one attached hydrogen (secondary N) is 1. The zero-order chi connectivity index (χ0) is 15.8. The van der Waals surface area contributed by atoms with Crippen molar-refractivity contribution in [3.63, 3.8) is 0 Å². The first-order valence-electron chi connectivity index (χ1n) is 6.51. The van der Waals surface area contributed by atoms with Crippen molar-refractivity contribution >= 4 is 12.0 Å². The molecule has 1 aromatic rings. The third kappa shape index (κ3) is 5.81. The third-order valence-electron chi connectivity index (χ3n) is 2.54. The van der Waals surface area contributed by atoms with Gasteiger partial charge in [-0.15, -0.1) is 0 Å². The van der Waals surface area contributed by atoms with Gasteiger partial charge in [-0.05, 0) is 18.1 Å². The van der Waals surface area contributed by atoms with Gasteiger partial charge in [-0.3, -0.25) is 4.79 Å². The number of hydrogen-bond acceptors (Lipinski definition) is 3. The Morgan fingerprint density at radius 3 is 2.67 bits per heavy atom. The maximum atomic E-state index is 12.4. The van der Waals surface area contributed by atoms with Crippen LogP contribution in [-0.2, 0) is 4.79 Å². The van der Waals surface area contributed by atoms with Crippen LogP contribution in [-0.4, -0.2) is 26.2 Å². The zero-order valence-corrected chi connectivity index (χ0v) is 12.2. The quantitative estimate of drug-likeness (QED) is 0.787. The fourth-order valence-corrected chi connectivity index (χ4v) is 1.57. The maximum absolute atomic E-state index is 12.4. The zero-order valence-electron chi connectivity index (χ0n) is 12.2. The van der Waals surface area contributed by atoms with Gasteiger partial charge in [0, 0.05) is 18.2 Å². The second kappa shape index (κ2) is 8.24. The van der Waals surface area contributed by atoms with Crippen LogP contribution in [0, 0.1) is 5.92 Å². The highest BCUT2D eigenvalue weighted by Gasteiger charge is 2.13. The number of alkyl halides is 2. The van der Waals surface area contributed by atoms with Crippen LogP contribution in [0.3, 0.4) is 0 Å². The Hall–Kier alpha value is -2.11. The number of para-hydroxylation sites is 1. The van der Waals surface area contributed by atoms with E-state index in [1.165, 1.54) is 25.3 Å². The summed E-state index contributed by atoms with van der Waals surface area (Å²) < 4.78 is 34.3. The van der Waals surface area contributed by atoms with Crippen molar-refractivity contribution in [2.75, 3.05) is 13.7 Å². The van der Waals surface area contributed by atoms with Crippen molar-refractivity contribution in [1.29, 1.82) is 0 Å². The standard InChI is InChI=1S/C15H19F2NO3/c1-10(2)9-18-13(19)8-7-11-5-4-6-12(20-3)14(11)21-15(16)17/h4-8,10,15H,9H2,1-3H3,(H,18,19)/b8-7+. The van der Waals surface area contributed by atoms with Crippen molar-refractivity contribution in [2.45, 2.75) is 20.5 Å². The second-order valence-electron chi connectivity index (χ2n) is 4.73. The van der Waals surface area contributed by atoms with Gasteiger partial charge in [-0.25, -0.2) is 0 Å². The molecule has 0 heterocycles. The summed E-state index contributed by atoms with van der Waals surface area (Å²) in [4.78, 5) is 11.6. The minimum Gasteiger partial charge on any atom is -0.493 e. The Kier molecular flexibility index (Phi) is 6.65. The van der Waals surface area contributed by atoms with Crippen LogP contribution >= 0.6 is 0 Å². The molecule has 0 spiro atoms. The normalized spacial score (nSPS) is 11.2. The molecular formula is C15H19F2NO3. The Balaban J connectivity index is 2.88. The summed E-state index contributed by atoms with van der Waals surface area (Å²) in [5.74, 6) is 0.120. The van der Waals surface area contributed by atoms with Gasteiger partial charge < -0.3 is 14.8 Å². The Morgan fingerprint density at radius 2 is 2.10 bits per heavy atom. The molecule has 0 bridgehead atoms. The fourth-order valence-electron chi connectivity index (χ4n) is 1.57. The summed E-state index contributed by atoms with van der Waals surface area (Å²) >= 11 is 0. The topological polar surface area (TPSA) is 47.6 Å². The molecule has 0 atom stereocenters. The predicted octanol–water partition coefficient (Wildman–Crippen LogP) is 3.08. The number of amides is 1. The number of hydrogen-bond donors (Lipinski definition) is 1. The molecule has 0 radical (unpaired) electrons. The summed E-state index contributed by atoms with van der Waals surface area (Å²) in [5.41, 5.74) is 0.342. The smallest absolute Gasteiger partial charge is 0.387 e. The van der Waals surface area contributed by atoms with Crippen molar-refractivity contribution in [2.24, 2.45) is 5.92 Å². The molecule has 0 fully saturated rings. The number of methoxy groups -OCH3 is 1. The van der Waals surface area contributed by atoms with Gasteiger partial charge in [0.1, 0.15) is 0 Å². The van der Waals surface area contributed by atoms with Crippen molar-refractivity contribution in [3.05, 3.63) is 29.8 Å². The molecule has 4 nitrogen and oxygen atoms in total. The Bertz CT molecular complexity index is 502. The minimum absolute atomic E-state index is 0.0945. The van der Waals surface area contributed by atoms with Crippen LogP contribution in [0.15, 0.2) is 24.3 Å². The largest absolute Gasteiger partial charge is 0.493 e. The third-order valence-corrected chi connectivity index (χ3v) is 2.54. The first kappa shape index (κ1) is 16.9. The van der Waals surface area contributed by atoms with Gasteiger partial charge >= 0.3 is 6.61 Å². The van der Waals surface area contributed by atoms with E-state index in [0.717, 1.165) is 0 Å². The predicted molar refractivity (Wildman–Crippen MR) is 76.5 cm³/mol. The van der Waals surface area contributed by atoms with Gasteiger partial charge in [0.25, 0.3) is 0 Å². The summed E-state index contributed by atoms with van der Waals surface area (Å²) in [6.07, 6.45) is 2.69. The summed E-state index contributed by atoms with van der Waals surface area (Å²) in [6, 6.07) is 4.70. The highest BCUT2D eigenvalue weighted by atomic mass is 19.3. The average molecular weight is 299 g/mol. The number of rotatable bonds is 7. The monoisotopic (exact) mass is 299 g/mol. The van der Waals surface area contributed by atoms with E-state index in [2.05, 4.69) is 10.1 Å². The van der Waals surface area contributed by atoms with Crippen LogP contribution in [0.5, 0.6) is 11.5 Å². The number of carbonyl (C=O) groups excluding carboxylic acids is 1. The molecule has 0 aromatic heterocycles. The molecule has 0 aliphatic rings. The van der Waals surface area contributed by atoms with Gasteiger partial charge in [0.2, 0.25) is 5.91 Å². The molecule has 0 unspecified atom stereocenters. The lowest BCUT2D eigenvalue weighted by atomic mass is 10.1. The number of carbonyl (C=O) groups is 1. The highest BCUT2D eigenvalue weighted by Crippen LogP contribution is 2.33. The Labute approximate surface area is 122 Å². The van der Waals surface area contributed by atoms with Crippen molar-refractivity contribution in [1.82, 2.24) is 5.32 Å². The van der Waals surface area contributed by atoms with E-state index < -0.39 is 6.61 Å². The highest BCUT2D eigenvalue weighted by molar-refractivity contribution is 5.92. The molecule has 1 amide bonds. The fraction of sp³-hybridized carbons (Fsp3) is 0.400. The van der Waals surface area contributed by atoms with Crippen molar-refractivity contribution < 1.29 is 23.0 Å². The molecule has 1 rings (SSSR count). The summed E-state index contributed by atoms with van der Waals surface area (Å²) in [5, 5.41) is 2.70. The second-order valence-corrected chi connectivity index (χ2v) is 4.73. The van der Waals surface area contributed by atoms with E-state index in [4.69, 9.17) is 4.74 Å². The van der Waals surface area contributed by atoms with Crippen LogP contribution in [0.1, 0.15) is 19.4 Å². The molecular weight excluding hydrogens is 280 g/mol. The number of ether oxygens (including phenoxy) is 2. The molecule has 0 saturated heterocycles. The van der Waals surface area contributed by atoms with Crippen LogP contribution in [0.2, 0.25) is 0 Å². The first-order chi connectivity index (χ1) is 9.93. The SMILES string of the molecule is COc1cccc(/C=C/C(=O)NCC(C)C)c1OC(F)F. The van der Waals surface area contributed by atoms with Gasteiger partial charge in [-0.1, -0.05) is 26.0 Å². The minimum atomic E-state index is -2.97. The van der Waals surface area contributed by atoms with Crippen LogP contribution in [0.25, 0.3) is 6.08 Å². The molecule has 0 aliphatic carbocycles. The lowest BCUT2D eigenvalue weighted by Gasteiger charge is -2.12. The number of halogens is 2. The molecule has 116 valence electrons. The van der Waals surface area contributed by atoms with E-state index in [9.17, 15) is 13.6 Å². The Morgan fingerprint density at radius 1 is 1.38 bits per heavy atom. The first-order valence-corrected chi connectivity index (χ1v) is 6.51. The molecule has 0 aliphatic heterocycles. The van der Waals surface area contributed by atoms with E-state index in [1.807, 2.05) is 13.8 Å². The lowest BCUT2D eigenvalue weighted by Crippen LogP contribution is -2.25. The van der Waals surface area contributed by atoms with Crippen molar-refractivity contribution in [3.8, 4) is 11.5 Å². The van der Waals surface area contributed by atoms with E-state index >= 15 is 0 Å². The average Bonchev–Trinajstić information content (AvgIpc) is 2.43. The van der Waals surface area contributed by atoms with Gasteiger partial charge in [0.15, 0.2) is 11.5 Å². The lowest BCUT2D eigenvalue weighted by molar-refractivity contribution is -0.116. The number of benzene rings is 1. The van der Waals surface area contributed by atoms with Gasteiger partial charge in [-0.2, -0.15) is 8.78 Å². The van der Waals surface area contributed by atoms with Gasteiger partial charge in [0.05, 0.1) is 7.11 Å². The molecule has 21 heavy (non-hydrogen) atoms. The van der Waals surface area contributed by atoms with E-state index in [-0.39, 0.29) is 17.4 Å². The van der Waals surface area contributed by atoms with E-state index in [0.29, 0.717) is 18.0 Å². The summed E-state index contributed by atoms with van der Waals surface area (Å²) in [6.45, 7) is 1.52. The summed E-state index contributed by atoms with van der Waals surface area (Å²) in [7, 11) is 1.36. The maximum Gasteiger partial charge on any atom is 0.387 e. The molecule has 1 aromatic carbocycles. The van der Waals surface area contributed by atoms with Crippen LogP contribution < -0.4 is 14.8 Å².